The Kier molecular flexibility index (Phi) is 6.00. The lowest BCUT2D eigenvalue weighted by molar-refractivity contribution is 0.255. The molecule has 0 amide bonds. The van der Waals surface area contributed by atoms with Crippen LogP contribution >= 0.6 is 11.6 Å². The second-order valence-electron chi connectivity index (χ2n) is 6.26. The molecule has 0 saturated carbocycles. The van der Waals surface area contributed by atoms with Crippen LogP contribution in [-0.2, 0) is 6.42 Å². The molecule has 24 heavy (non-hydrogen) atoms. The van der Waals surface area contributed by atoms with Gasteiger partial charge in [-0.1, -0.05) is 23.7 Å². The van der Waals surface area contributed by atoms with Crippen LogP contribution in [0.2, 0.25) is 5.02 Å². The van der Waals surface area contributed by atoms with E-state index < -0.39 is 0 Å². The van der Waals surface area contributed by atoms with Crippen molar-refractivity contribution in [1.82, 2.24) is 4.90 Å². The lowest BCUT2D eigenvalue weighted by Crippen LogP contribution is -2.46. The summed E-state index contributed by atoms with van der Waals surface area (Å²) in [5.41, 5.74) is 2.66. The SMILES string of the molecule is COc1ccc(N2CCN(CCCc3ccc(Cl)cc3)CC2)cc1. The van der Waals surface area contributed by atoms with Crippen LogP contribution in [0, 0.1) is 0 Å². The van der Waals surface area contributed by atoms with Crippen molar-refractivity contribution in [2.24, 2.45) is 0 Å². The zero-order chi connectivity index (χ0) is 16.8. The molecule has 0 N–H and O–H groups in total. The van der Waals surface area contributed by atoms with Crippen molar-refractivity contribution < 1.29 is 4.74 Å². The van der Waals surface area contributed by atoms with Gasteiger partial charge in [0.05, 0.1) is 7.11 Å². The van der Waals surface area contributed by atoms with Gasteiger partial charge in [-0.05, 0) is 61.3 Å². The van der Waals surface area contributed by atoms with Gasteiger partial charge in [0, 0.05) is 36.9 Å². The standard InChI is InChI=1S/C20H25ClN2O/c1-24-20-10-8-19(9-11-20)23-15-13-22(14-16-23)12-2-3-17-4-6-18(21)7-5-17/h4-11H,2-3,12-16H2,1H3. The third kappa shape index (κ3) is 4.65. The summed E-state index contributed by atoms with van der Waals surface area (Å²) in [7, 11) is 1.71. The first-order valence-corrected chi connectivity index (χ1v) is 8.98. The maximum atomic E-state index is 5.93. The fourth-order valence-electron chi connectivity index (χ4n) is 3.18. The summed E-state index contributed by atoms with van der Waals surface area (Å²) in [4.78, 5) is 5.02. The van der Waals surface area contributed by atoms with Gasteiger partial charge in [-0.25, -0.2) is 0 Å². The van der Waals surface area contributed by atoms with Crippen molar-refractivity contribution in [3.63, 3.8) is 0 Å². The maximum absolute atomic E-state index is 5.93. The first-order valence-electron chi connectivity index (χ1n) is 8.60. The monoisotopic (exact) mass is 344 g/mol. The Balaban J connectivity index is 1.40. The molecule has 1 fully saturated rings. The van der Waals surface area contributed by atoms with E-state index in [0.717, 1.165) is 43.4 Å². The second kappa shape index (κ2) is 8.41. The van der Waals surface area contributed by atoms with E-state index in [0.29, 0.717) is 0 Å². The third-order valence-electron chi connectivity index (χ3n) is 4.66. The van der Waals surface area contributed by atoms with E-state index in [1.165, 1.54) is 24.2 Å². The highest BCUT2D eigenvalue weighted by Gasteiger charge is 2.16. The van der Waals surface area contributed by atoms with Gasteiger partial charge in [0.25, 0.3) is 0 Å². The molecule has 0 atom stereocenters. The Hall–Kier alpha value is -1.71. The largest absolute Gasteiger partial charge is 0.497 e. The number of piperazine rings is 1. The van der Waals surface area contributed by atoms with Gasteiger partial charge in [-0.3, -0.25) is 4.90 Å². The van der Waals surface area contributed by atoms with E-state index in [-0.39, 0.29) is 0 Å². The maximum Gasteiger partial charge on any atom is 0.119 e. The summed E-state index contributed by atoms with van der Waals surface area (Å²) in [6.45, 7) is 5.61. The zero-order valence-electron chi connectivity index (χ0n) is 14.2. The summed E-state index contributed by atoms with van der Waals surface area (Å²) in [5.74, 6) is 0.916. The predicted molar refractivity (Wildman–Crippen MR) is 101 cm³/mol. The predicted octanol–water partition coefficient (Wildman–Crippen LogP) is 4.10. The molecular weight excluding hydrogens is 320 g/mol. The Morgan fingerprint density at radius 2 is 1.58 bits per heavy atom. The molecule has 2 aromatic rings. The topological polar surface area (TPSA) is 15.7 Å². The van der Waals surface area contributed by atoms with Crippen LogP contribution in [-0.4, -0.2) is 44.7 Å². The number of methoxy groups -OCH3 is 1. The molecule has 1 heterocycles. The number of rotatable bonds is 6. The van der Waals surface area contributed by atoms with Gasteiger partial charge in [0.1, 0.15) is 5.75 Å². The fourth-order valence-corrected chi connectivity index (χ4v) is 3.31. The van der Waals surface area contributed by atoms with Gasteiger partial charge in [-0.2, -0.15) is 0 Å². The number of benzene rings is 2. The Morgan fingerprint density at radius 3 is 2.21 bits per heavy atom. The Morgan fingerprint density at radius 1 is 0.917 bits per heavy atom. The van der Waals surface area contributed by atoms with E-state index in [9.17, 15) is 0 Å². The lowest BCUT2D eigenvalue weighted by atomic mass is 10.1. The molecule has 0 bridgehead atoms. The number of halogens is 1. The first kappa shape index (κ1) is 17.1. The van der Waals surface area contributed by atoms with Gasteiger partial charge in [0.15, 0.2) is 0 Å². The minimum atomic E-state index is 0.813. The highest BCUT2D eigenvalue weighted by molar-refractivity contribution is 6.30. The Bertz CT molecular complexity index is 619. The average Bonchev–Trinajstić information content (AvgIpc) is 2.64. The molecule has 1 aliphatic heterocycles. The van der Waals surface area contributed by atoms with Crippen LogP contribution < -0.4 is 9.64 Å². The first-order chi connectivity index (χ1) is 11.7. The number of nitrogens with zero attached hydrogens (tertiary/aromatic N) is 2. The molecule has 0 spiro atoms. The minimum absolute atomic E-state index is 0.813. The lowest BCUT2D eigenvalue weighted by Gasteiger charge is -2.36. The number of hydrogen-bond acceptors (Lipinski definition) is 3. The molecule has 0 aromatic heterocycles. The molecule has 1 aliphatic rings. The van der Waals surface area contributed by atoms with Crippen molar-refractivity contribution in [3.8, 4) is 5.75 Å². The quantitative estimate of drug-likeness (QED) is 0.784. The summed E-state index contributed by atoms with van der Waals surface area (Å²) in [6, 6.07) is 16.6. The number of ether oxygens (including phenoxy) is 1. The molecule has 4 heteroatoms. The van der Waals surface area contributed by atoms with Crippen LogP contribution in [0.3, 0.4) is 0 Å². The van der Waals surface area contributed by atoms with Gasteiger partial charge < -0.3 is 9.64 Å². The van der Waals surface area contributed by atoms with Crippen LogP contribution in [0.15, 0.2) is 48.5 Å². The molecule has 128 valence electrons. The number of aryl methyl sites for hydroxylation is 1. The van der Waals surface area contributed by atoms with Crippen LogP contribution in [0.25, 0.3) is 0 Å². The molecular formula is C20H25ClN2O. The summed E-state index contributed by atoms with van der Waals surface area (Å²) >= 11 is 5.93. The van der Waals surface area contributed by atoms with Gasteiger partial charge >= 0.3 is 0 Å². The van der Waals surface area contributed by atoms with E-state index in [4.69, 9.17) is 16.3 Å². The molecule has 3 nitrogen and oxygen atoms in total. The highest BCUT2D eigenvalue weighted by Crippen LogP contribution is 2.20. The molecule has 0 aliphatic carbocycles. The van der Waals surface area contributed by atoms with Gasteiger partial charge in [-0.15, -0.1) is 0 Å². The van der Waals surface area contributed by atoms with Crippen molar-refractivity contribution in [3.05, 3.63) is 59.1 Å². The van der Waals surface area contributed by atoms with E-state index >= 15 is 0 Å². The van der Waals surface area contributed by atoms with Crippen LogP contribution in [0.5, 0.6) is 5.75 Å². The molecule has 0 radical (unpaired) electrons. The Labute approximate surface area is 149 Å². The van der Waals surface area contributed by atoms with E-state index in [2.05, 4.69) is 34.1 Å². The summed E-state index contributed by atoms with van der Waals surface area (Å²) in [5, 5.41) is 0.813. The number of anilines is 1. The summed E-state index contributed by atoms with van der Waals surface area (Å²) < 4.78 is 5.23. The minimum Gasteiger partial charge on any atom is -0.497 e. The average molecular weight is 345 g/mol. The van der Waals surface area contributed by atoms with Crippen molar-refractivity contribution in [2.75, 3.05) is 44.7 Å². The highest BCUT2D eigenvalue weighted by atomic mass is 35.5. The van der Waals surface area contributed by atoms with Crippen LogP contribution in [0.1, 0.15) is 12.0 Å². The number of hydrogen-bond donors (Lipinski definition) is 0. The smallest absolute Gasteiger partial charge is 0.119 e. The van der Waals surface area contributed by atoms with E-state index in [1.54, 1.807) is 7.11 Å². The molecule has 3 rings (SSSR count). The second-order valence-corrected chi connectivity index (χ2v) is 6.69. The van der Waals surface area contributed by atoms with Crippen molar-refractivity contribution in [1.29, 1.82) is 0 Å². The molecule has 2 aromatic carbocycles. The third-order valence-corrected chi connectivity index (χ3v) is 4.91. The molecule has 0 unspecified atom stereocenters. The van der Waals surface area contributed by atoms with E-state index in [1.807, 2.05) is 24.3 Å². The van der Waals surface area contributed by atoms with Crippen LogP contribution in [0.4, 0.5) is 5.69 Å². The zero-order valence-corrected chi connectivity index (χ0v) is 15.0. The fraction of sp³-hybridized carbons (Fsp3) is 0.400. The normalized spacial score (nSPS) is 15.5. The van der Waals surface area contributed by atoms with Crippen molar-refractivity contribution in [2.45, 2.75) is 12.8 Å². The van der Waals surface area contributed by atoms with Crippen molar-refractivity contribution >= 4 is 17.3 Å². The van der Waals surface area contributed by atoms with Gasteiger partial charge in [0.2, 0.25) is 0 Å². The summed E-state index contributed by atoms with van der Waals surface area (Å²) in [6.07, 6.45) is 2.32. The molecule has 1 saturated heterocycles.